The Balaban J connectivity index is 1.98. The number of carbonyl (C=O) groups is 2. The van der Waals surface area contributed by atoms with E-state index < -0.39 is 26.8 Å². The molecule has 0 aliphatic heterocycles. The van der Waals surface area contributed by atoms with Crippen LogP contribution in [0.5, 0.6) is 0 Å². The average molecular weight is 551 g/mol. The summed E-state index contributed by atoms with van der Waals surface area (Å²) in [5.41, 5.74) is 1.80. The quantitative estimate of drug-likeness (QED) is 0.160. The predicted octanol–water partition coefficient (Wildman–Crippen LogP) is 5.79. The zero-order chi connectivity index (χ0) is 28.6. The van der Waals surface area contributed by atoms with Gasteiger partial charge in [0.2, 0.25) is 0 Å². The number of benzene rings is 3. The van der Waals surface area contributed by atoms with Crippen LogP contribution in [0.15, 0.2) is 63.9 Å². The first-order valence-corrected chi connectivity index (χ1v) is 13.4. The maximum Gasteiger partial charge on any atom is 0.342 e. The Hall–Kier alpha value is -4.51. The molecule has 0 aliphatic rings. The Morgan fingerprint density at radius 2 is 1.59 bits per heavy atom. The smallest absolute Gasteiger partial charge is 0.342 e. The molecule has 4 rings (SSSR count). The van der Waals surface area contributed by atoms with Crippen LogP contribution in [0.2, 0.25) is 0 Å². The van der Waals surface area contributed by atoms with Crippen molar-refractivity contribution in [3.05, 3.63) is 98.3 Å². The summed E-state index contributed by atoms with van der Waals surface area (Å²) in [6.45, 7) is 8.48. The van der Waals surface area contributed by atoms with E-state index in [0.29, 0.717) is 21.0 Å². The fourth-order valence-electron chi connectivity index (χ4n) is 4.66. The second-order valence-corrected chi connectivity index (χ2v) is 10.8. The number of nitro benzene ring substituents is 1. The van der Waals surface area contributed by atoms with Crippen molar-refractivity contribution in [2.45, 2.75) is 39.5 Å². The molecule has 0 N–H and O–H groups in total. The lowest BCUT2D eigenvalue weighted by atomic mass is 10.1. The minimum Gasteiger partial charge on any atom is -0.462 e. The first-order chi connectivity index (χ1) is 18.4. The highest BCUT2D eigenvalue weighted by Crippen LogP contribution is 2.35. The number of nitro groups is 1. The van der Waals surface area contributed by atoms with Crippen LogP contribution in [0.1, 0.15) is 50.1 Å². The molecular weight excluding hydrogens is 524 g/mol. The maximum absolute atomic E-state index is 14.2. The maximum atomic E-state index is 14.2. The van der Waals surface area contributed by atoms with Crippen molar-refractivity contribution < 1.29 is 32.1 Å². The second kappa shape index (κ2) is 10.3. The lowest BCUT2D eigenvalue weighted by Crippen LogP contribution is -2.37. The third-order valence-electron chi connectivity index (χ3n) is 6.17. The third kappa shape index (κ3) is 5.00. The van der Waals surface area contributed by atoms with Gasteiger partial charge in [-0.25, -0.2) is 13.2 Å². The van der Waals surface area contributed by atoms with Crippen LogP contribution in [0.25, 0.3) is 11.0 Å². The van der Waals surface area contributed by atoms with Gasteiger partial charge in [0.15, 0.2) is 0 Å². The molecule has 0 saturated heterocycles. The fourth-order valence-corrected chi connectivity index (χ4v) is 6.49. The van der Waals surface area contributed by atoms with Gasteiger partial charge >= 0.3 is 5.97 Å². The Kier molecular flexibility index (Phi) is 7.29. The minimum absolute atomic E-state index is 0.0440. The number of hydrogen-bond donors (Lipinski definition) is 0. The molecule has 0 fully saturated rings. The van der Waals surface area contributed by atoms with Gasteiger partial charge in [0.25, 0.3) is 21.6 Å². The van der Waals surface area contributed by atoms with Gasteiger partial charge in [-0.2, -0.15) is 4.31 Å². The summed E-state index contributed by atoms with van der Waals surface area (Å²) in [5, 5.41) is 11.4. The molecule has 1 heterocycles. The number of ether oxygens (including phenoxy) is 1. The van der Waals surface area contributed by atoms with Crippen LogP contribution in [-0.2, 0) is 14.8 Å². The van der Waals surface area contributed by atoms with Gasteiger partial charge in [0, 0.05) is 23.1 Å². The number of fused-ring (bicyclic) bond motifs is 1. The summed E-state index contributed by atoms with van der Waals surface area (Å²) in [6.07, 6.45) is 0. The average Bonchev–Trinajstić information content (AvgIpc) is 3.18. The molecule has 11 heteroatoms. The molecular formula is C28H26N2O8S. The fraction of sp³-hybridized carbons (Fsp3) is 0.214. The summed E-state index contributed by atoms with van der Waals surface area (Å²) in [6, 6.07) is 12.3. The van der Waals surface area contributed by atoms with Crippen LogP contribution in [-0.4, -0.2) is 31.8 Å². The second-order valence-electron chi connectivity index (χ2n) is 9.04. The van der Waals surface area contributed by atoms with Crippen LogP contribution in [0, 0.1) is 37.8 Å². The molecule has 0 spiro atoms. The van der Waals surface area contributed by atoms with Crippen LogP contribution in [0.4, 0.5) is 11.4 Å². The van der Waals surface area contributed by atoms with Gasteiger partial charge in [-0.05, 0) is 76.1 Å². The van der Waals surface area contributed by atoms with Crippen molar-refractivity contribution in [2.24, 2.45) is 0 Å². The van der Waals surface area contributed by atoms with Gasteiger partial charge in [0.1, 0.15) is 16.9 Å². The zero-order valence-corrected chi connectivity index (χ0v) is 22.8. The first kappa shape index (κ1) is 27.5. The SMILES string of the molecule is CCOC(=O)c1c(C)oc2ccc(N(C(=O)c3ccc([N+](=O)[O-])cc3)S(=O)(=O)c3c(C)cc(C)cc3C)cc12. The van der Waals surface area contributed by atoms with Crippen LogP contribution >= 0.6 is 0 Å². The Morgan fingerprint density at radius 3 is 2.15 bits per heavy atom. The number of sulfonamides is 1. The monoisotopic (exact) mass is 550 g/mol. The molecule has 1 amide bonds. The normalized spacial score (nSPS) is 11.4. The number of non-ortho nitro benzene ring substituents is 1. The molecule has 4 aromatic rings. The van der Waals surface area contributed by atoms with Crippen molar-refractivity contribution in [1.29, 1.82) is 0 Å². The summed E-state index contributed by atoms with van der Waals surface area (Å²) < 4.78 is 39.9. The van der Waals surface area contributed by atoms with E-state index in [4.69, 9.17) is 9.15 Å². The van der Waals surface area contributed by atoms with Crippen LogP contribution in [0.3, 0.4) is 0 Å². The molecule has 10 nitrogen and oxygen atoms in total. The van der Waals surface area contributed by atoms with Crippen molar-refractivity contribution in [2.75, 3.05) is 10.9 Å². The summed E-state index contributed by atoms with van der Waals surface area (Å²) in [5.74, 6) is -1.30. The number of esters is 1. The summed E-state index contributed by atoms with van der Waals surface area (Å²) >= 11 is 0. The van der Waals surface area contributed by atoms with Crippen molar-refractivity contribution in [3.8, 4) is 0 Å². The topological polar surface area (TPSA) is 137 Å². The summed E-state index contributed by atoms with van der Waals surface area (Å²) in [4.78, 5) is 37.0. The highest BCUT2D eigenvalue weighted by molar-refractivity contribution is 7.93. The Morgan fingerprint density at radius 1 is 0.974 bits per heavy atom. The number of carbonyl (C=O) groups excluding carboxylic acids is 2. The van der Waals surface area contributed by atoms with Gasteiger partial charge in [0.05, 0.1) is 22.1 Å². The number of amides is 1. The van der Waals surface area contributed by atoms with Gasteiger partial charge in [-0.1, -0.05) is 17.7 Å². The number of rotatable bonds is 7. The van der Waals surface area contributed by atoms with Crippen molar-refractivity contribution in [1.82, 2.24) is 0 Å². The molecule has 39 heavy (non-hydrogen) atoms. The van der Waals surface area contributed by atoms with Crippen molar-refractivity contribution >= 4 is 44.2 Å². The highest BCUT2D eigenvalue weighted by atomic mass is 32.2. The van der Waals surface area contributed by atoms with Gasteiger partial charge in [-0.3, -0.25) is 14.9 Å². The number of furan rings is 1. The Bertz CT molecular complexity index is 1710. The molecule has 0 saturated carbocycles. The number of anilines is 1. The van der Waals surface area contributed by atoms with E-state index in [1.54, 1.807) is 39.8 Å². The molecule has 0 bridgehead atoms. The standard InChI is InChI=1S/C28H26N2O8S/c1-6-37-28(32)25-19(5)38-24-12-11-22(15-23(24)25)29(27(31)20-7-9-21(10-8-20)30(33)34)39(35,36)26-17(3)13-16(2)14-18(26)4/h7-15H,6H2,1-5H3. The number of hydrogen-bond acceptors (Lipinski definition) is 8. The van der Waals surface area contributed by atoms with Gasteiger partial charge < -0.3 is 9.15 Å². The molecule has 0 aliphatic carbocycles. The molecule has 0 unspecified atom stereocenters. The molecule has 0 radical (unpaired) electrons. The summed E-state index contributed by atoms with van der Waals surface area (Å²) in [7, 11) is -4.51. The minimum atomic E-state index is -4.51. The lowest BCUT2D eigenvalue weighted by molar-refractivity contribution is -0.384. The van der Waals surface area contributed by atoms with Crippen LogP contribution < -0.4 is 4.31 Å². The molecule has 202 valence electrons. The molecule has 1 aromatic heterocycles. The van der Waals surface area contributed by atoms with Crippen molar-refractivity contribution in [3.63, 3.8) is 0 Å². The predicted molar refractivity (Wildman–Crippen MR) is 145 cm³/mol. The van der Waals surface area contributed by atoms with E-state index in [9.17, 15) is 28.1 Å². The largest absolute Gasteiger partial charge is 0.462 e. The van der Waals surface area contributed by atoms with E-state index in [1.165, 1.54) is 30.3 Å². The molecule has 0 atom stereocenters. The van der Waals surface area contributed by atoms with E-state index >= 15 is 0 Å². The van der Waals surface area contributed by atoms with Gasteiger partial charge in [-0.15, -0.1) is 0 Å². The first-order valence-electron chi connectivity index (χ1n) is 12.0. The number of nitrogens with zero attached hydrogens (tertiary/aromatic N) is 2. The zero-order valence-electron chi connectivity index (χ0n) is 22.0. The third-order valence-corrected chi connectivity index (χ3v) is 8.19. The highest BCUT2D eigenvalue weighted by Gasteiger charge is 2.35. The molecule has 3 aromatic carbocycles. The van der Waals surface area contributed by atoms with E-state index in [2.05, 4.69) is 0 Å². The number of aryl methyl sites for hydroxylation is 4. The van der Waals surface area contributed by atoms with E-state index in [1.807, 2.05) is 6.92 Å². The Labute approximate surface area is 225 Å². The van der Waals surface area contributed by atoms with E-state index in [-0.39, 0.29) is 45.2 Å². The lowest BCUT2D eigenvalue weighted by Gasteiger charge is -2.25. The van der Waals surface area contributed by atoms with E-state index in [0.717, 1.165) is 17.7 Å².